The number of thioether (sulfide) groups is 1. The first-order valence-electron chi connectivity index (χ1n) is 11.9. The lowest BCUT2D eigenvalue weighted by Crippen LogP contribution is -2.36. The number of methoxy groups -OCH3 is 1. The van der Waals surface area contributed by atoms with Crippen molar-refractivity contribution in [3.05, 3.63) is 107 Å². The molecule has 3 amide bonds. The molecule has 1 aliphatic rings. The minimum Gasteiger partial charge on any atom is -0.497 e. The number of rotatable bonds is 7. The Morgan fingerprint density at radius 3 is 2.31 bits per heavy atom. The van der Waals surface area contributed by atoms with Crippen LogP contribution < -0.4 is 14.8 Å². The summed E-state index contributed by atoms with van der Waals surface area (Å²) in [6.45, 7) is -0.397. The number of fused-ring (bicyclic) bond motifs is 1. The number of imide groups is 1. The van der Waals surface area contributed by atoms with Crippen LogP contribution in [-0.2, 0) is 9.59 Å². The number of hydrogen-bond donors (Lipinski definition) is 1. The third kappa shape index (κ3) is 5.83. The zero-order valence-electron chi connectivity index (χ0n) is 20.7. The van der Waals surface area contributed by atoms with Gasteiger partial charge in [0, 0.05) is 11.1 Å². The third-order valence-corrected chi connectivity index (χ3v) is 6.86. The van der Waals surface area contributed by atoms with E-state index in [-0.39, 0.29) is 4.91 Å². The van der Waals surface area contributed by atoms with Crippen LogP contribution in [0.3, 0.4) is 0 Å². The van der Waals surface area contributed by atoms with Gasteiger partial charge in [0.25, 0.3) is 11.1 Å². The summed E-state index contributed by atoms with van der Waals surface area (Å²) in [6, 6.07) is 26.2. The molecule has 0 unspecified atom stereocenters. The first-order chi connectivity index (χ1) is 18.9. The van der Waals surface area contributed by atoms with Gasteiger partial charge < -0.3 is 14.8 Å². The molecule has 1 heterocycles. The predicted molar refractivity (Wildman–Crippen MR) is 150 cm³/mol. The Bertz CT molecular complexity index is 1610. The standard InChI is InChI=1S/C30H22N2O6S/c1-37-22-15-11-21(12-16-22)29(35)38-23-13-9-19(10-14-23)17-26-28(34)32(30(36)39-26)18-27(33)31-25-8-4-6-20-5-2-3-7-24(20)25/h2-17H,18H2,1H3,(H,31,33)/b26-17+. The molecule has 0 atom stereocenters. The Balaban J connectivity index is 1.22. The lowest BCUT2D eigenvalue weighted by molar-refractivity contribution is -0.127. The summed E-state index contributed by atoms with van der Waals surface area (Å²) in [7, 11) is 1.54. The minimum absolute atomic E-state index is 0.195. The highest BCUT2D eigenvalue weighted by molar-refractivity contribution is 8.18. The average Bonchev–Trinajstić information content (AvgIpc) is 3.21. The smallest absolute Gasteiger partial charge is 0.343 e. The van der Waals surface area contributed by atoms with Crippen LogP contribution in [-0.4, -0.2) is 41.6 Å². The highest BCUT2D eigenvalue weighted by Gasteiger charge is 2.36. The molecule has 1 fully saturated rings. The second-order valence-corrected chi connectivity index (χ2v) is 9.52. The number of nitrogens with zero attached hydrogens (tertiary/aromatic N) is 1. The van der Waals surface area contributed by atoms with Crippen molar-refractivity contribution in [2.75, 3.05) is 19.0 Å². The molecule has 1 saturated heterocycles. The van der Waals surface area contributed by atoms with E-state index in [9.17, 15) is 19.2 Å². The summed E-state index contributed by atoms with van der Waals surface area (Å²) < 4.78 is 10.5. The fourth-order valence-electron chi connectivity index (χ4n) is 3.98. The first kappa shape index (κ1) is 25.7. The van der Waals surface area contributed by atoms with E-state index in [2.05, 4.69) is 5.32 Å². The zero-order valence-corrected chi connectivity index (χ0v) is 21.6. The molecule has 0 aliphatic carbocycles. The lowest BCUT2D eigenvalue weighted by atomic mass is 10.1. The van der Waals surface area contributed by atoms with Crippen LogP contribution >= 0.6 is 11.8 Å². The van der Waals surface area contributed by atoms with Crippen LogP contribution in [0.2, 0.25) is 0 Å². The molecular weight excluding hydrogens is 516 g/mol. The normalized spacial score (nSPS) is 14.1. The van der Waals surface area contributed by atoms with Crippen molar-refractivity contribution in [2.45, 2.75) is 0 Å². The number of carbonyl (C=O) groups excluding carboxylic acids is 4. The third-order valence-electron chi connectivity index (χ3n) is 5.95. The van der Waals surface area contributed by atoms with Crippen molar-refractivity contribution in [3.8, 4) is 11.5 Å². The van der Waals surface area contributed by atoms with Gasteiger partial charge in [0.15, 0.2) is 0 Å². The Labute approximate surface area is 228 Å². The van der Waals surface area contributed by atoms with Crippen LogP contribution in [0.5, 0.6) is 11.5 Å². The number of carbonyl (C=O) groups is 4. The van der Waals surface area contributed by atoms with Crippen molar-refractivity contribution in [1.29, 1.82) is 0 Å². The number of hydrogen-bond acceptors (Lipinski definition) is 7. The molecule has 0 aromatic heterocycles. The van der Waals surface area contributed by atoms with Crippen molar-refractivity contribution in [2.24, 2.45) is 0 Å². The van der Waals surface area contributed by atoms with Crippen LogP contribution in [0.25, 0.3) is 16.8 Å². The SMILES string of the molecule is COc1ccc(C(=O)Oc2ccc(/C=C3/SC(=O)N(CC(=O)Nc4cccc5ccccc45)C3=O)cc2)cc1. The average molecular weight is 539 g/mol. The molecule has 39 heavy (non-hydrogen) atoms. The summed E-state index contributed by atoms with van der Waals surface area (Å²) in [5.74, 6) is -0.587. The summed E-state index contributed by atoms with van der Waals surface area (Å²) in [6.07, 6.45) is 1.56. The monoisotopic (exact) mass is 538 g/mol. The Hall–Kier alpha value is -4.89. The highest BCUT2D eigenvalue weighted by atomic mass is 32.2. The molecule has 0 spiro atoms. The molecule has 0 radical (unpaired) electrons. The maximum absolute atomic E-state index is 12.9. The van der Waals surface area contributed by atoms with Gasteiger partial charge in [-0.25, -0.2) is 4.79 Å². The van der Waals surface area contributed by atoms with Crippen molar-refractivity contribution >= 4 is 57.3 Å². The topological polar surface area (TPSA) is 102 Å². The van der Waals surface area contributed by atoms with Gasteiger partial charge in [-0.15, -0.1) is 0 Å². The first-order valence-corrected chi connectivity index (χ1v) is 12.7. The van der Waals surface area contributed by atoms with Crippen molar-refractivity contribution in [1.82, 2.24) is 4.90 Å². The van der Waals surface area contributed by atoms with E-state index in [1.54, 1.807) is 67.8 Å². The van der Waals surface area contributed by atoms with Gasteiger partial charge in [0.05, 0.1) is 17.6 Å². The Morgan fingerprint density at radius 1 is 0.872 bits per heavy atom. The number of ether oxygens (including phenoxy) is 2. The molecule has 8 nitrogen and oxygen atoms in total. The van der Waals surface area contributed by atoms with Gasteiger partial charge >= 0.3 is 5.97 Å². The van der Waals surface area contributed by atoms with Crippen LogP contribution in [0, 0.1) is 0 Å². The molecule has 0 bridgehead atoms. The molecule has 5 rings (SSSR count). The van der Waals surface area contributed by atoms with Crippen molar-refractivity contribution < 1.29 is 28.7 Å². The molecule has 4 aromatic rings. The Kier molecular flexibility index (Phi) is 7.42. The highest BCUT2D eigenvalue weighted by Crippen LogP contribution is 2.32. The van der Waals surface area contributed by atoms with E-state index in [4.69, 9.17) is 9.47 Å². The van der Waals surface area contributed by atoms with Gasteiger partial charge in [0.1, 0.15) is 18.0 Å². The van der Waals surface area contributed by atoms with Gasteiger partial charge in [-0.05, 0) is 71.3 Å². The lowest BCUT2D eigenvalue weighted by Gasteiger charge is -2.13. The maximum Gasteiger partial charge on any atom is 0.343 e. The summed E-state index contributed by atoms with van der Waals surface area (Å²) in [5, 5.41) is 4.10. The van der Waals surface area contributed by atoms with E-state index >= 15 is 0 Å². The van der Waals surface area contributed by atoms with Crippen LogP contribution in [0.1, 0.15) is 15.9 Å². The summed E-state index contributed by atoms with van der Waals surface area (Å²) >= 11 is 0.766. The fourth-order valence-corrected chi connectivity index (χ4v) is 4.82. The minimum atomic E-state index is -0.548. The quantitative estimate of drug-likeness (QED) is 0.182. The van der Waals surface area contributed by atoms with Gasteiger partial charge in [0.2, 0.25) is 5.91 Å². The van der Waals surface area contributed by atoms with E-state index in [1.807, 2.05) is 36.4 Å². The molecule has 1 aliphatic heterocycles. The molecule has 9 heteroatoms. The summed E-state index contributed by atoms with van der Waals surface area (Å²) in [5.41, 5.74) is 1.61. The van der Waals surface area contributed by atoms with E-state index < -0.39 is 29.6 Å². The molecule has 1 N–H and O–H groups in total. The number of nitrogens with one attached hydrogen (secondary N) is 1. The second kappa shape index (κ2) is 11.2. The van der Waals surface area contributed by atoms with E-state index in [0.29, 0.717) is 28.3 Å². The molecule has 194 valence electrons. The molecule has 0 saturated carbocycles. The number of amides is 3. The molecular formula is C30H22N2O6S. The zero-order chi connectivity index (χ0) is 27.4. The van der Waals surface area contributed by atoms with Crippen LogP contribution in [0.15, 0.2) is 95.9 Å². The molecule has 4 aromatic carbocycles. The van der Waals surface area contributed by atoms with Crippen LogP contribution in [0.4, 0.5) is 10.5 Å². The second-order valence-electron chi connectivity index (χ2n) is 8.53. The summed E-state index contributed by atoms with van der Waals surface area (Å²) in [4.78, 5) is 51.6. The largest absolute Gasteiger partial charge is 0.497 e. The number of benzene rings is 4. The van der Waals surface area contributed by atoms with Crippen molar-refractivity contribution in [3.63, 3.8) is 0 Å². The van der Waals surface area contributed by atoms with E-state index in [0.717, 1.165) is 27.4 Å². The Morgan fingerprint density at radius 2 is 1.56 bits per heavy atom. The maximum atomic E-state index is 12.9. The van der Waals surface area contributed by atoms with E-state index in [1.165, 1.54) is 0 Å². The number of anilines is 1. The van der Waals surface area contributed by atoms with Gasteiger partial charge in [-0.1, -0.05) is 48.5 Å². The number of esters is 1. The fraction of sp³-hybridized carbons (Fsp3) is 0.0667. The van der Waals surface area contributed by atoms with Gasteiger partial charge in [-0.3, -0.25) is 19.3 Å². The predicted octanol–water partition coefficient (Wildman–Crippen LogP) is 5.74. The van der Waals surface area contributed by atoms with Gasteiger partial charge in [-0.2, -0.15) is 0 Å².